The highest BCUT2D eigenvalue weighted by molar-refractivity contribution is 5.83. The van der Waals surface area contributed by atoms with Gasteiger partial charge in [-0.3, -0.25) is 14.7 Å². The number of rotatable bonds is 5. The number of carbonyl (C=O) groups excluding carboxylic acids is 1. The van der Waals surface area contributed by atoms with Crippen LogP contribution in [0.3, 0.4) is 0 Å². The Hall–Kier alpha value is -2.47. The Bertz CT molecular complexity index is 731. The molecule has 0 aliphatic carbocycles. The second-order valence-electron chi connectivity index (χ2n) is 6.75. The zero-order valence-electron chi connectivity index (χ0n) is 15.1. The maximum atomic E-state index is 13.6. The zero-order chi connectivity index (χ0) is 18.5. The molecule has 0 radical (unpaired) electrons. The van der Waals surface area contributed by atoms with Gasteiger partial charge in [0.2, 0.25) is 5.91 Å². The Morgan fingerprint density at radius 2 is 1.92 bits per heavy atom. The summed E-state index contributed by atoms with van der Waals surface area (Å²) < 4.78 is 19.5. The summed E-state index contributed by atoms with van der Waals surface area (Å²) in [4.78, 5) is 20.7. The van der Waals surface area contributed by atoms with Crippen molar-refractivity contribution in [2.24, 2.45) is 0 Å². The normalized spacial score (nSPS) is 16.5. The summed E-state index contributed by atoms with van der Waals surface area (Å²) in [7, 11) is 3.68. The third kappa shape index (κ3) is 4.38. The first-order valence-corrected chi connectivity index (χ1v) is 8.82. The lowest BCUT2D eigenvalue weighted by Crippen LogP contribution is -2.46. The van der Waals surface area contributed by atoms with E-state index < -0.39 is 6.04 Å². The highest BCUT2D eigenvalue weighted by atomic mass is 19.1. The van der Waals surface area contributed by atoms with Crippen molar-refractivity contribution in [3.05, 3.63) is 60.2 Å². The van der Waals surface area contributed by atoms with Crippen LogP contribution < -0.4 is 4.74 Å². The molecular weight excluding hydrogens is 333 g/mol. The molecule has 1 fully saturated rings. The molecule has 1 aliphatic rings. The minimum atomic E-state index is -0.483. The minimum Gasteiger partial charge on any atom is -0.490 e. The number of pyridine rings is 1. The van der Waals surface area contributed by atoms with Gasteiger partial charge in [0.15, 0.2) is 0 Å². The number of amides is 1. The van der Waals surface area contributed by atoms with Crippen molar-refractivity contribution < 1.29 is 13.9 Å². The second-order valence-corrected chi connectivity index (χ2v) is 6.75. The fourth-order valence-corrected chi connectivity index (χ4v) is 3.31. The molecule has 5 nitrogen and oxygen atoms in total. The number of likely N-dealkylation sites (tertiary alicyclic amines) is 1. The Balaban J connectivity index is 1.63. The number of aromatic nitrogens is 1. The predicted octanol–water partition coefficient (Wildman–Crippen LogP) is 2.89. The average molecular weight is 357 g/mol. The first-order valence-electron chi connectivity index (χ1n) is 8.82. The number of likely N-dealkylation sites (N-methyl/N-ethyl adjacent to an activating group) is 1. The summed E-state index contributed by atoms with van der Waals surface area (Å²) in [5.74, 6) is 0.477. The van der Waals surface area contributed by atoms with Crippen molar-refractivity contribution in [3.63, 3.8) is 0 Å². The van der Waals surface area contributed by atoms with Crippen LogP contribution in [0.5, 0.6) is 5.75 Å². The fraction of sp³-hybridized carbons (Fsp3) is 0.400. The molecule has 0 saturated carbocycles. The largest absolute Gasteiger partial charge is 0.490 e. The molecule has 1 amide bonds. The summed E-state index contributed by atoms with van der Waals surface area (Å²) in [6.45, 7) is 1.27. The first kappa shape index (κ1) is 18.3. The van der Waals surface area contributed by atoms with E-state index in [4.69, 9.17) is 4.74 Å². The molecule has 0 spiro atoms. The van der Waals surface area contributed by atoms with Gasteiger partial charge in [0, 0.05) is 38.3 Å². The topological polar surface area (TPSA) is 45.7 Å². The van der Waals surface area contributed by atoms with Gasteiger partial charge in [0.25, 0.3) is 0 Å². The standard InChI is InChI=1S/C20H24FN3O2/c1-23(2)19(15-4-3-5-16(21)14-15)20(25)24-12-8-18(9-13-24)26-17-6-10-22-11-7-17/h3-7,10-11,14,18-19H,8-9,12-13H2,1-2H3. The van der Waals surface area contributed by atoms with Crippen molar-refractivity contribution >= 4 is 5.91 Å². The quantitative estimate of drug-likeness (QED) is 0.825. The number of hydrogen-bond acceptors (Lipinski definition) is 4. The Kier molecular flexibility index (Phi) is 5.83. The van der Waals surface area contributed by atoms with E-state index in [0.29, 0.717) is 18.7 Å². The molecule has 26 heavy (non-hydrogen) atoms. The van der Waals surface area contributed by atoms with Crippen LogP contribution in [0.4, 0.5) is 4.39 Å². The Labute approximate surface area is 153 Å². The van der Waals surface area contributed by atoms with Crippen molar-refractivity contribution in [1.29, 1.82) is 0 Å². The highest BCUT2D eigenvalue weighted by Crippen LogP contribution is 2.25. The van der Waals surface area contributed by atoms with Gasteiger partial charge < -0.3 is 9.64 Å². The van der Waals surface area contributed by atoms with Gasteiger partial charge in [-0.05, 0) is 43.9 Å². The number of halogens is 1. The lowest BCUT2D eigenvalue weighted by Gasteiger charge is -2.36. The van der Waals surface area contributed by atoms with Crippen LogP contribution in [-0.2, 0) is 4.79 Å². The number of carbonyl (C=O) groups is 1. The monoisotopic (exact) mass is 357 g/mol. The third-order valence-electron chi connectivity index (χ3n) is 4.62. The van der Waals surface area contributed by atoms with Gasteiger partial charge in [-0.25, -0.2) is 4.39 Å². The average Bonchev–Trinajstić information content (AvgIpc) is 2.63. The number of piperidine rings is 1. The van der Waals surface area contributed by atoms with E-state index in [9.17, 15) is 9.18 Å². The van der Waals surface area contributed by atoms with Crippen LogP contribution in [-0.4, -0.2) is 54.0 Å². The number of ether oxygens (including phenoxy) is 1. The SMILES string of the molecule is CN(C)C(C(=O)N1CCC(Oc2ccncc2)CC1)c1cccc(F)c1. The van der Waals surface area contributed by atoms with E-state index in [1.807, 2.05) is 36.0 Å². The molecule has 1 aromatic carbocycles. The molecule has 2 heterocycles. The Morgan fingerprint density at radius 1 is 1.23 bits per heavy atom. The van der Waals surface area contributed by atoms with E-state index in [1.54, 1.807) is 24.5 Å². The molecule has 1 atom stereocenters. The molecule has 1 aliphatic heterocycles. The first-order chi connectivity index (χ1) is 12.5. The van der Waals surface area contributed by atoms with Gasteiger partial charge in [0.05, 0.1) is 0 Å². The van der Waals surface area contributed by atoms with Crippen LogP contribution in [0, 0.1) is 5.82 Å². The van der Waals surface area contributed by atoms with Crippen molar-refractivity contribution in [2.45, 2.75) is 25.0 Å². The van der Waals surface area contributed by atoms with E-state index in [0.717, 1.165) is 18.6 Å². The molecule has 1 aromatic heterocycles. The van der Waals surface area contributed by atoms with Crippen molar-refractivity contribution in [2.75, 3.05) is 27.2 Å². The van der Waals surface area contributed by atoms with Crippen LogP contribution in [0.1, 0.15) is 24.4 Å². The Morgan fingerprint density at radius 3 is 2.54 bits per heavy atom. The highest BCUT2D eigenvalue weighted by Gasteiger charge is 2.31. The lowest BCUT2D eigenvalue weighted by molar-refractivity contribution is -0.138. The summed E-state index contributed by atoms with van der Waals surface area (Å²) in [5.41, 5.74) is 0.676. The summed E-state index contributed by atoms with van der Waals surface area (Å²) in [6.07, 6.45) is 5.05. The van der Waals surface area contributed by atoms with E-state index >= 15 is 0 Å². The molecular formula is C20H24FN3O2. The summed E-state index contributed by atoms with van der Waals surface area (Å²) in [6, 6.07) is 9.45. The number of nitrogens with zero attached hydrogens (tertiary/aromatic N) is 3. The number of hydrogen-bond donors (Lipinski definition) is 0. The third-order valence-corrected chi connectivity index (χ3v) is 4.62. The van der Waals surface area contributed by atoms with Crippen LogP contribution in [0.25, 0.3) is 0 Å². The molecule has 2 aromatic rings. The molecule has 1 saturated heterocycles. The molecule has 0 bridgehead atoms. The molecule has 6 heteroatoms. The van der Waals surface area contributed by atoms with Gasteiger partial charge in [-0.2, -0.15) is 0 Å². The summed E-state index contributed by atoms with van der Waals surface area (Å²) >= 11 is 0. The maximum absolute atomic E-state index is 13.6. The van der Waals surface area contributed by atoms with E-state index in [1.165, 1.54) is 12.1 Å². The predicted molar refractivity (Wildman–Crippen MR) is 97.3 cm³/mol. The van der Waals surface area contributed by atoms with E-state index in [-0.39, 0.29) is 17.8 Å². The van der Waals surface area contributed by atoms with E-state index in [2.05, 4.69) is 4.98 Å². The van der Waals surface area contributed by atoms with Gasteiger partial charge in [0.1, 0.15) is 23.7 Å². The smallest absolute Gasteiger partial charge is 0.244 e. The molecule has 3 rings (SSSR count). The minimum absolute atomic E-state index is 0.00274. The summed E-state index contributed by atoms with van der Waals surface area (Å²) in [5, 5.41) is 0. The number of benzene rings is 1. The maximum Gasteiger partial charge on any atom is 0.244 e. The van der Waals surface area contributed by atoms with Gasteiger partial charge in [-0.15, -0.1) is 0 Å². The van der Waals surface area contributed by atoms with Crippen molar-refractivity contribution in [3.8, 4) is 5.75 Å². The molecule has 1 unspecified atom stereocenters. The molecule has 138 valence electrons. The van der Waals surface area contributed by atoms with Crippen LogP contribution >= 0.6 is 0 Å². The lowest BCUT2D eigenvalue weighted by atomic mass is 10.0. The van der Waals surface area contributed by atoms with Crippen LogP contribution in [0.15, 0.2) is 48.8 Å². The van der Waals surface area contributed by atoms with Crippen LogP contribution in [0.2, 0.25) is 0 Å². The fourth-order valence-electron chi connectivity index (χ4n) is 3.31. The second kappa shape index (κ2) is 8.27. The van der Waals surface area contributed by atoms with Crippen molar-refractivity contribution in [1.82, 2.24) is 14.8 Å². The van der Waals surface area contributed by atoms with Gasteiger partial charge >= 0.3 is 0 Å². The molecule has 0 N–H and O–H groups in total. The van der Waals surface area contributed by atoms with Gasteiger partial charge in [-0.1, -0.05) is 12.1 Å². The zero-order valence-corrected chi connectivity index (χ0v) is 15.1.